The molecule has 6 rings (SSSR count). The molecule has 2 heterocycles. The normalized spacial score (nSPS) is 50.8. The Bertz CT molecular complexity index is 1230. The molecule has 4 saturated carbocycles. The zero-order valence-electron chi connectivity index (χ0n) is 29.3. The first-order chi connectivity index (χ1) is 20.2. The topological polar surface area (TPSA) is 69.7 Å². The molecular weight excluding hydrogens is 548 g/mol. The molecule has 44 heavy (non-hydrogen) atoms. The molecule has 0 aromatic carbocycles. The molecule has 4 aliphatic carbocycles. The van der Waals surface area contributed by atoms with Crippen LogP contribution in [-0.2, 0) is 23.9 Å². The van der Waals surface area contributed by atoms with E-state index in [1.54, 1.807) is 6.92 Å². The first-order valence-corrected chi connectivity index (χ1v) is 17.4. The average molecular weight is 609 g/mol. The number of Topliss-reactive ketones (excluding diaryl/α,β-unsaturated/α-hetero) is 2. The van der Waals surface area contributed by atoms with E-state index < -0.39 is 0 Å². The molecular formula is C39H60O5. The lowest BCUT2D eigenvalue weighted by molar-refractivity contribution is -0.250. The van der Waals surface area contributed by atoms with Crippen molar-refractivity contribution in [3.8, 4) is 0 Å². The Kier molecular flexibility index (Phi) is 8.13. The molecule has 0 aromatic rings. The van der Waals surface area contributed by atoms with Gasteiger partial charge in [0.25, 0.3) is 0 Å². The number of hydrogen-bond donors (Lipinski definition) is 0. The predicted molar refractivity (Wildman–Crippen MR) is 175 cm³/mol. The minimum absolute atomic E-state index is 0.0287. The summed E-state index contributed by atoms with van der Waals surface area (Å²) in [6, 6.07) is 0. The van der Waals surface area contributed by atoms with Crippen molar-refractivity contribution in [2.75, 3.05) is 0 Å². The number of esters is 1. The van der Waals surface area contributed by atoms with Gasteiger partial charge in [-0.1, -0.05) is 53.7 Å². The number of carbonyl (C=O) groups excluding carboxylic acids is 3. The summed E-state index contributed by atoms with van der Waals surface area (Å²) < 4.78 is 12.4. The highest BCUT2D eigenvalue weighted by Crippen LogP contribution is 2.67. The molecule has 6 fully saturated rings. The Labute approximate surface area is 267 Å². The fraction of sp³-hybridized carbons (Fsp3) is 0.821. The molecule has 0 amide bonds. The molecule has 2 saturated heterocycles. The van der Waals surface area contributed by atoms with Gasteiger partial charge in [-0.2, -0.15) is 0 Å². The largest absolute Gasteiger partial charge is 0.462 e. The van der Waals surface area contributed by atoms with Crippen molar-refractivity contribution in [1.82, 2.24) is 0 Å². The highest BCUT2D eigenvalue weighted by molar-refractivity contribution is 5.85. The van der Waals surface area contributed by atoms with E-state index in [9.17, 15) is 14.4 Å². The third-order valence-corrected chi connectivity index (χ3v) is 15.0. The maximum absolute atomic E-state index is 12.5. The maximum Gasteiger partial charge on any atom is 0.306 e. The molecule has 0 bridgehead atoms. The van der Waals surface area contributed by atoms with E-state index in [0.717, 1.165) is 57.8 Å². The highest BCUT2D eigenvalue weighted by Gasteiger charge is 2.66. The van der Waals surface area contributed by atoms with Crippen molar-refractivity contribution in [2.24, 2.45) is 50.7 Å². The molecule has 0 aromatic heterocycles. The van der Waals surface area contributed by atoms with E-state index in [1.165, 1.54) is 6.42 Å². The second kappa shape index (κ2) is 10.6. The second-order valence-electron chi connectivity index (χ2n) is 17.8. The van der Waals surface area contributed by atoms with Gasteiger partial charge in [0.1, 0.15) is 17.7 Å². The summed E-state index contributed by atoms with van der Waals surface area (Å²) in [5.41, 5.74) is -0.626. The first kappa shape index (κ1) is 33.6. The highest BCUT2D eigenvalue weighted by atomic mass is 16.5. The van der Waals surface area contributed by atoms with Gasteiger partial charge in [-0.05, 0) is 113 Å². The smallest absolute Gasteiger partial charge is 0.306 e. The van der Waals surface area contributed by atoms with Crippen LogP contribution in [0.15, 0.2) is 25.3 Å². The fourth-order valence-electron chi connectivity index (χ4n) is 11.8. The van der Waals surface area contributed by atoms with Gasteiger partial charge in [-0.25, -0.2) is 0 Å². The third-order valence-electron chi connectivity index (χ3n) is 15.0. The van der Waals surface area contributed by atoms with Crippen molar-refractivity contribution in [1.29, 1.82) is 0 Å². The second-order valence-corrected chi connectivity index (χ2v) is 17.8. The van der Waals surface area contributed by atoms with Crippen LogP contribution in [0.4, 0.5) is 0 Å². The number of ketones is 2. The Balaban J connectivity index is 0.000000175. The van der Waals surface area contributed by atoms with Gasteiger partial charge < -0.3 is 9.47 Å². The standard InChI is InChI=1S/C20H32O2.C19H28O3/c1-7-18(4)11-8-15-19(5)12-10-16(21)17(2,3)14(19)9-13-20(15,6)22-18;1-6-17(3)10-13-7-8-18(4,12(2)20)14-9-16(21)22-15(11-17)19(13,14)5/h7,14-15H,1,8-13H2,2-6H3;6,13-15H,1,7-11H2,2-5H3/t14-,15-,18+,19-,20+;13-,14-,15+,17+,18-,19-/m11/s1. The van der Waals surface area contributed by atoms with Gasteiger partial charge in [-0.15, -0.1) is 13.2 Å². The minimum atomic E-state index is -0.384. The molecule has 11 atom stereocenters. The van der Waals surface area contributed by atoms with Crippen molar-refractivity contribution < 1.29 is 23.9 Å². The Hall–Kier alpha value is -1.75. The summed E-state index contributed by atoms with van der Waals surface area (Å²) in [5.74, 6) is 2.22. The quantitative estimate of drug-likeness (QED) is 0.236. The third kappa shape index (κ3) is 4.92. The maximum atomic E-state index is 12.5. The van der Waals surface area contributed by atoms with Gasteiger partial charge >= 0.3 is 5.97 Å². The van der Waals surface area contributed by atoms with E-state index in [4.69, 9.17) is 9.47 Å². The van der Waals surface area contributed by atoms with E-state index in [2.05, 4.69) is 68.5 Å². The molecule has 246 valence electrons. The summed E-state index contributed by atoms with van der Waals surface area (Å²) in [4.78, 5) is 37.0. The molecule has 0 radical (unpaired) electrons. The summed E-state index contributed by atoms with van der Waals surface area (Å²) >= 11 is 0. The molecule has 5 nitrogen and oxygen atoms in total. The number of hydrogen-bond acceptors (Lipinski definition) is 5. The summed E-state index contributed by atoms with van der Waals surface area (Å²) in [6.07, 6.45) is 14.4. The lowest BCUT2D eigenvalue weighted by atomic mass is 9.42. The Morgan fingerprint density at radius 1 is 0.818 bits per heavy atom. The van der Waals surface area contributed by atoms with Gasteiger partial charge in [-0.3, -0.25) is 14.4 Å². The van der Waals surface area contributed by atoms with E-state index in [-0.39, 0.29) is 62.1 Å². The first-order valence-electron chi connectivity index (χ1n) is 17.4. The predicted octanol–water partition coefficient (Wildman–Crippen LogP) is 8.84. The van der Waals surface area contributed by atoms with Crippen LogP contribution in [0.1, 0.15) is 133 Å². The SMILES string of the molecule is C=C[C@@]1(C)CC[C@@H]2[C@]3(C)CCC(=O)C(C)(C)[C@H]3CC[C@]2(C)O1.C=C[C@@]1(C)C[C@H]2CC[C@](C)(C(C)=O)[C@H]3CC(=O)O[C@@H](C1)[C@]23C. The molecule has 0 N–H and O–H groups in total. The van der Waals surface area contributed by atoms with Gasteiger partial charge in [0.15, 0.2) is 0 Å². The molecule has 6 aliphatic rings. The van der Waals surface area contributed by atoms with Gasteiger partial charge in [0.05, 0.1) is 11.2 Å². The van der Waals surface area contributed by atoms with Crippen LogP contribution in [-0.4, -0.2) is 34.8 Å². The molecule has 2 aliphatic heterocycles. The summed E-state index contributed by atoms with van der Waals surface area (Å²) in [5, 5.41) is 0. The van der Waals surface area contributed by atoms with Crippen molar-refractivity contribution in [2.45, 2.75) is 150 Å². The van der Waals surface area contributed by atoms with Crippen LogP contribution in [0.5, 0.6) is 0 Å². The fourth-order valence-corrected chi connectivity index (χ4v) is 11.8. The monoisotopic (exact) mass is 608 g/mol. The van der Waals surface area contributed by atoms with Crippen molar-refractivity contribution >= 4 is 17.5 Å². The van der Waals surface area contributed by atoms with Crippen LogP contribution in [0.3, 0.4) is 0 Å². The van der Waals surface area contributed by atoms with E-state index in [1.807, 2.05) is 12.2 Å². The minimum Gasteiger partial charge on any atom is -0.462 e. The molecule has 0 spiro atoms. The number of fused-ring (bicyclic) bond motifs is 3. The van der Waals surface area contributed by atoms with Crippen LogP contribution in [0, 0.1) is 50.7 Å². The van der Waals surface area contributed by atoms with Gasteiger partial charge in [0.2, 0.25) is 0 Å². The number of ether oxygens (including phenoxy) is 2. The van der Waals surface area contributed by atoms with Crippen LogP contribution >= 0.6 is 0 Å². The lowest BCUT2D eigenvalue weighted by Crippen LogP contribution is -2.64. The van der Waals surface area contributed by atoms with Gasteiger partial charge in [0, 0.05) is 29.1 Å². The van der Waals surface area contributed by atoms with E-state index in [0.29, 0.717) is 30.0 Å². The molecule has 5 heteroatoms. The Morgan fingerprint density at radius 3 is 2.09 bits per heavy atom. The van der Waals surface area contributed by atoms with Crippen LogP contribution in [0.2, 0.25) is 0 Å². The van der Waals surface area contributed by atoms with E-state index >= 15 is 0 Å². The zero-order valence-corrected chi connectivity index (χ0v) is 29.3. The number of allylic oxidation sites excluding steroid dienone is 1. The Morgan fingerprint density at radius 2 is 1.48 bits per heavy atom. The van der Waals surface area contributed by atoms with Crippen LogP contribution < -0.4 is 0 Å². The van der Waals surface area contributed by atoms with Crippen molar-refractivity contribution in [3.63, 3.8) is 0 Å². The van der Waals surface area contributed by atoms with Crippen molar-refractivity contribution in [3.05, 3.63) is 25.3 Å². The number of carbonyl (C=O) groups is 3. The summed E-state index contributed by atoms with van der Waals surface area (Å²) in [6.45, 7) is 27.5. The average Bonchev–Trinajstić information content (AvgIpc) is 2.93. The van der Waals surface area contributed by atoms with Crippen LogP contribution in [0.25, 0.3) is 0 Å². The lowest BCUT2D eigenvalue weighted by Gasteiger charge is -2.64. The summed E-state index contributed by atoms with van der Waals surface area (Å²) in [7, 11) is 0. The molecule has 0 unspecified atom stereocenters. The zero-order chi connectivity index (χ0) is 32.7. The number of rotatable bonds is 3.